The van der Waals surface area contributed by atoms with Gasteiger partial charge in [-0.05, 0) is 6.92 Å². The molecule has 84 valence electrons. The number of aromatic nitrogens is 2. The maximum absolute atomic E-state index is 11.4. The maximum Gasteiger partial charge on any atom is 0.367 e. The summed E-state index contributed by atoms with van der Waals surface area (Å²) in [5, 5.41) is 0.704. The number of hydrogen-bond donors (Lipinski definition) is 0. The van der Waals surface area contributed by atoms with Crippen LogP contribution < -0.4 is 0 Å². The normalized spacial score (nSPS) is 10.6. The first-order valence-electron chi connectivity index (χ1n) is 4.57. The van der Waals surface area contributed by atoms with Crippen molar-refractivity contribution in [2.75, 3.05) is 6.61 Å². The molecule has 2 rings (SSSR count). The van der Waals surface area contributed by atoms with Crippen LogP contribution in [0, 0.1) is 0 Å². The highest BCUT2D eigenvalue weighted by atomic mass is 32.1. The lowest BCUT2D eigenvalue weighted by Crippen LogP contribution is -2.03. The van der Waals surface area contributed by atoms with Crippen LogP contribution in [0.1, 0.15) is 33.5 Å². The molecule has 0 aromatic carbocycles. The van der Waals surface area contributed by atoms with Gasteiger partial charge >= 0.3 is 5.97 Å². The van der Waals surface area contributed by atoms with E-state index in [4.69, 9.17) is 4.74 Å². The van der Waals surface area contributed by atoms with Crippen molar-refractivity contribution in [2.45, 2.75) is 13.8 Å². The third-order valence-corrected chi connectivity index (χ3v) is 3.84. The summed E-state index contributed by atoms with van der Waals surface area (Å²) in [6.45, 7) is 3.51. The molecule has 0 aliphatic rings. The average molecular weight is 256 g/mol. The summed E-state index contributed by atoms with van der Waals surface area (Å²) in [4.78, 5) is 31.8. The summed E-state index contributed by atoms with van der Waals surface area (Å²) in [6, 6.07) is 0. The highest BCUT2D eigenvalue weighted by Gasteiger charge is 2.17. The third kappa shape index (κ3) is 1.96. The van der Waals surface area contributed by atoms with Gasteiger partial charge in [-0.15, -0.1) is 0 Å². The minimum atomic E-state index is -0.443. The van der Waals surface area contributed by atoms with Gasteiger partial charge in [-0.3, -0.25) is 4.79 Å². The van der Waals surface area contributed by atoms with Gasteiger partial charge in [-0.25, -0.2) is 14.8 Å². The molecule has 2 aromatic heterocycles. The fourth-order valence-electron chi connectivity index (χ4n) is 1.07. The van der Waals surface area contributed by atoms with E-state index in [1.165, 1.54) is 18.3 Å². The zero-order chi connectivity index (χ0) is 11.7. The van der Waals surface area contributed by atoms with Gasteiger partial charge in [0, 0.05) is 6.92 Å². The number of carbonyl (C=O) groups is 2. The zero-order valence-electron chi connectivity index (χ0n) is 8.64. The van der Waals surface area contributed by atoms with Crippen LogP contribution in [0.2, 0.25) is 0 Å². The van der Waals surface area contributed by atoms with Crippen LogP contribution in [0.5, 0.6) is 0 Å². The minimum absolute atomic E-state index is 0.0899. The Hall–Kier alpha value is -1.34. The van der Waals surface area contributed by atoms with E-state index in [2.05, 4.69) is 9.97 Å². The molecule has 0 aliphatic carbocycles. The Balaban J connectivity index is 2.35. The molecule has 0 radical (unpaired) electrons. The van der Waals surface area contributed by atoms with Crippen LogP contribution in [0.3, 0.4) is 0 Å². The largest absolute Gasteiger partial charge is 0.461 e. The molecular weight excluding hydrogens is 248 g/mol. The molecule has 0 bridgehead atoms. The van der Waals surface area contributed by atoms with Gasteiger partial charge in [0.05, 0.1) is 6.61 Å². The van der Waals surface area contributed by atoms with Crippen LogP contribution in [0.25, 0.3) is 9.66 Å². The number of ether oxygens (including phenoxy) is 1. The molecule has 5 nitrogen and oxygen atoms in total. The quantitative estimate of drug-likeness (QED) is 0.621. The van der Waals surface area contributed by atoms with Gasteiger partial charge in [0.2, 0.25) is 5.01 Å². The van der Waals surface area contributed by atoms with Crippen molar-refractivity contribution in [1.29, 1.82) is 0 Å². The first kappa shape index (κ1) is 11.2. The SMILES string of the molecule is CCOC(=O)c1nc2sc(C(C)=O)nc2s1. The molecule has 0 N–H and O–H groups in total. The van der Waals surface area contributed by atoms with Crippen molar-refractivity contribution in [3.63, 3.8) is 0 Å². The summed E-state index contributed by atoms with van der Waals surface area (Å²) in [5.41, 5.74) is 0. The Morgan fingerprint density at radius 3 is 2.31 bits per heavy atom. The van der Waals surface area contributed by atoms with Crippen LogP contribution >= 0.6 is 22.7 Å². The number of nitrogens with zero attached hydrogens (tertiary/aromatic N) is 2. The van der Waals surface area contributed by atoms with E-state index in [-0.39, 0.29) is 10.8 Å². The predicted molar refractivity (Wildman–Crippen MR) is 61.3 cm³/mol. The lowest BCUT2D eigenvalue weighted by Gasteiger charge is -1.94. The molecule has 2 heterocycles. The van der Waals surface area contributed by atoms with E-state index in [0.29, 0.717) is 21.3 Å². The summed E-state index contributed by atoms with van der Waals surface area (Å²) >= 11 is 2.34. The smallest absolute Gasteiger partial charge is 0.367 e. The number of carbonyl (C=O) groups excluding carboxylic acids is 2. The molecule has 0 fully saturated rings. The molecule has 0 unspecified atom stereocenters. The molecule has 16 heavy (non-hydrogen) atoms. The highest BCUT2D eigenvalue weighted by Crippen LogP contribution is 2.27. The van der Waals surface area contributed by atoms with Crippen LogP contribution in [-0.2, 0) is 4.74 Å². The fourth-order valence-corrected chi connectivity index (χ4v) is 2.90. The first-order chi connectivity index (χ1) is 7.61. The van der Waals surface area contributed by atoms with E-state index in [0.717, 1.165) is 11.3 Å². The highest BCUT2D eigenvalue weighted by molar-refractivity contribution is 7.27. The topological polar surface area (TPSA) is 69.2 Å². The maximum atomic E-state index is 11.4. The Morgan fingerprint density at radius 1 is 1.19 bits per heavy atom. The average Bonchev–Trinajstić information content (AvgIpc) is 2.73. The number of Topliss-reactive ketones (excluding diaryl/α,β-unsaturated/α-hetero) is 1. The summed E-state index contributed by atoms with van der Waals surface area (Å²) in [5.74, 6) is -0.532. The van der Waals surface area contributed by atoms with Crippen LogP contribution in [0.15, 0.2) is 0 Å². The molecule has 0 atom stereocenters. The Labute approximate surface area is 99.1 Å². The van der Waals surface area contributed by atoms with Gasteiger partial charge in [-0.2, -0.15) is 0 Å². The second-order valence-electron chi connectivity index (χ2n) is 2.92. The molecule has 2 aromatic rings. The molecule has 7 heteroatoms. The zero-order valence-corrected chi connectivity index (χ0v) is 10.3. The first-order valence-corrected chi connectivity index (χ1v) is 6.20. The monoisotopic (exact) mass is 256 g/mol. The van der Waals surface area contributed by atoms with Crippen molar-refractivity contribution in [3.05, 3.63) is 10.0 Å². The molecule has 0 amide bonds. The van der Waals surface area contributed by atoms with E-state index >= 15 is 0 Å². The van der Waals surface area contributed by atoms with Crippen LogP contribution in [0.4, 0.5) is 0 Å². The lowest BCUT2D eigenvalue weighted by atomic mass is 10.5. The Kier molecular flexibility index (Phi) is 2.97. The molecule has 0 saturated heterocycles. The van der Waals surface area contributed by atoms with Gasteiger partial charge in [0.1, 0.15) is 0 Å². The number of thiazole rings is 2. The summed E-state index contributed by atoms with van der Waals surface area (Å²) in [7, 11) is 0. The van der Waals surface area contributed by atoms with Gasteiger partial charge in [0.15, 0.2) is 20.5 Å². The number of hydrogen-bond acceptors (Lipinski definition) is 7. The second-order valence-corrected chi connectivity index (χ2v) is 4.88. The number of ketones is 1. The standard InChI is InChI=1S/C9H8N2O3S2/c1-3-14-9(13)8-11-7-6(16-8)10-5(15-7)4(2)12/h3H2,1-2H3. The summed E-state index contributed by atoms with van der Waals surface area (Å²) in [6.07, 6.45) is 0. The van der Waals surface area contributed by atoms with Crippen molar-refractivity contribution in [1.82, 2.24) is 9.97 Å². The minimum Gasteiger partial charge on any atom is -0.461 e. The van der Waals surface area contributed by atoms with Crippen molar-refractivity contribution in [3.8, 4) is 0 Å². The molecule has 0 aliphatic heterocycles. The van der Waals surface area contributed by atoms with E-state index in [1.54, 1.807) is 6.92 Å². The van der Waals surface area contributed by atoms with Gasteiger partial charge in [0.25, 0.3) is 0 Å². The molecular formula is C9H8N2O3S2. The van der Waals surface area contributed by atoms with Gasteiger partial charge < -0.3 is 4.74 Å². The number of fused-ring (bicyclic) bond motifs is 1. The number of esters is 1. The Morgan fingerprint density at radius 2 is 1.75 bits per heavy atom. The fraction of sp³-hybridized carbons (Fsp3) is 0.333. The lowest BCUT2D eigenvalue weighted by molar-refractivity contribution is 0.0526. The van der Waals surface area contributed by atoms with Crippen molar-refractivity contribution >= 4 is 44.1 Å². The molecule has 0 spiro atoms. The number of rotatable bonds is 3. The predicted octanol–water partition coefficient (Wildman–Crippen LogP) is 2.13. The van der Waals surface area contributed by atoms with E-state index in [9.17, 15) is 9.59 Å². The molecule has 0 saturated carbocycles. The second kappa shape index (κ2) is 4.26. The van der Waals surface area contributed by atoms with Crippen molar-refractivity contribution in [2.24, 2.45) is 0 Å². The van der Waals surface area contributed by atoms with E-state index in [1.807, 2.05) is 0 Å². The summed E-state index contributed by atoms with van der Waals surface area (Å²) < 4.78 is 4.82. The Bertz CT molecular complexity index is 527. The van der Waals surface area contributed by atoms with Crippen molar-refractivity contribution < 1.29 is 14.3 Å². The van der Waals surface area contributed by atoms with Gasteiger partial charge in [-0.1, -0.05) is 22.7 Å². The van der Waals surface area contributed by atoms with E-state index < -0.39 is 5.97 Å². The third-order valence-electron chi connectivity index (χ3n) is 1.73. The van der Waals surface area contributed by atoms with Crippen LogP contribution in [-0.4, -0.2) is 28.3 Å².